The average Bonchev–Trinajstić information content (AvgIpc) is 2.80. The molecular weight excluding hydrogens is 289 g/mol. The van der Waals surface area contributed by atoms with Crippen molar-refractivity contribution in [1.29, 1.82) is 0 Å². The van der Waals surface area contributed by atoms with E-state index in [1.54, 1.807) is 10.9 Å². The van der Waals surface area contributed by atoms with Crippen LogP contribution in [0, 0.1) is 0 Å². The molecule has 1 aromatic heterocycles. The summed E-state index contributed by atoms with van der Waals surface area (Å²) in [5, 5.41) is 7.77. The van der Waals surface area contributed by atoms with E-state index in [-0.39, 0.29) is 6.42 Å². The second kappa shape index (κ2) is 8.27. The highest BCUT2D eigenvalue weighted by molar-refractivity contribution is 7.48. The van der Waals surface area contributed by atoms with E-state index in [1.165, 1.54) is 11.1 Å². The van der Waals surface area contributed by atoms with Crippen LogP contribution in [-0.4, -0.2) is 21.2 Å². The number of hydrogen-bond donors (Lipinski definition) is 0. The minimum Gasteiger partial charge on any atom is -0.811 e. The van der Waals surface area contributed by atoms with Gasteiger partial charge in [-0.1, -0.05) is 36.1 Å². The molecule has 0 aliphatic rings. The number of allylic oxidation sites excluding steroid dienone is 4. The van der Waals surface area contributed by atoms with E-state index in [2.05, 4.69) is 43.2 Å². The van der Waals surface area contributed by atoms with Gasteiger partial charge >= 0.3 is 0 Å². The molecular formula is C14H22N3O3P-2. The lowest BCUT2D eigenvalue weighted by Gasteiger charge is -2.28. The van der Waals surface area contributed by atoms with Crippen molar-refractivity contribution in [3.05, 3.63) is 35.2 Å². The van der Waals surface area contributed by atoms with Crippen molar-refractivity contribution in [3.63, 3.8) is 0 Å². The van der Waals surface area contributed by atoms with Crippen molar-refractivity contribution in [1.82, 2.24) is 15.0 Å². The molecule has 0 unspecified atom stereocenters. The van der Waals surface area contributed by atoms with Gasteiger partial charge < -0.3 is 14.4 Å². The molecule has 1 aromatic rings. The summed E-state index contributed by atoms with van der Waals surface area (Å²) in [5.41, 5.74) is 3.11. The summed E-state index contributed by atoms with van der Waals surface area (Å²) in [7, 11) is -4.47. The van der Waals surface area contributed by atoms with Crippen LogP contribution in [0.3, 0.4) is 0 Å². The van der Waals surface area contributed by atoms with E-state index >= 15 is 0 Å². The van der Waals surface area contributed by atoms with Crippen LogP contribution < -0.4 is 9.79 Å². The molecule has 0 fully saturated rings. The Labute approximate surface area is 125 Å². The Kier molecular flexibility index (Phi) is 7.02. The molecule has 118 valence electrons. The number of nitrogens with zero attached hydrogens (tertiary/aromatic N) is 3. The standard InChI is InChI=1S/C14H24N3O3P/c1-12(2)5-4-6-13(3)7-9-17-11-14(15-16-17)8-10-21(18,19)20/h5,7,11H,4,6,8-10H2,1-3H3,(H2,18,19,20)/p-2/b13-7+. The van der Waals surface area contributed by atoms with Gasteiger partial charge in [0.05, 0.1) is 12.2 Å². The molecule has 0 aliphatic carbocycles. The third-order valence-corrected chi connectivity index (χ3v) is 3.72. The summed E-state index contributed by atoms with van der Waals surface area (Å²) < 4.78 is 12.2. The van der Waals surface area contributed by atoms with Crippen LogP contribution in [0.1, 0.15) is 39.3 Å². The molecule has 21 heavy (non-hydrogen) atoms. The van der Waals surface area contributed by atoms with Gasteiger partial charge in [-0.15, -0.1) is 5.10 Å². The fourth-order valence-electron chi connectivity index (χ4n) is 1.73. The minimum absolute atomic E-state index is 0.119. The van der Waals surface area contributed by atoms with Crippen LogP contribution in [0.4, 0.5) is 0 Å². The molecule has 0 saturated heterocycles. The molecule has 0 N–H and O–H groups in total. The maximum atomic E-state index is 10.6. The van der Waals surface area contributed by atoms with Crippen LogP contribution >= 0.6 is 7.60 Å². The van der Waals surface area contributed by atoms with Crippen molar-refractivity contribution in [3.8, 4) is 0 Å². The van der Waals surface area contributed by atoms with Crippen LogP contribution in [0.5, 0.6) is 0 Å². The number of rotatable bonds is 8. The van der Waals surface area contributed by atoms with Gasteiger partial charge in [-0.05, 0) is 46.2 Å². The summed E-state index contributed by atoms with van der Waals surface area (Å²) >= 11 is 0. The third kappa shape index (κ3) is 8.60. The summed E-state index contributed by atoms with van der Waals surface area (Å²) in [5.74, 6) is 0. The summed E-state index contributed by atoms with van der Waals surface area (Å²) in [6, 6.07) is 0. The Morgan fingerprint density at radius 2 is 2.05 bits per heavy atom. The average molecular weight is 311 g/mol. The van der Waals surface area contributed by atoms with Crippen molar-refractivity contribution in [2.75, 3.05) is 6.16 Å². The van der Waals surface area contributed by atoms with Crippen LogP contribution in [0.15, 0.2) is 29.5 Å². The molecule has 7 heteroatoms. The first kappa shape index (κ1) is 17.8. The quantitative estimate of drug-likeness (QED) is 0.534. The van der Waals surface area contributed by atoms with E-state index < -0.39 is 13.8 Å². The monoisotopic (exact) mass is 311 g/mol. The first-order valence-corrected chi connectivity index (χ1v) is 8.68. The summed E-state index contributed by atoms with van der Waals surface area (Å²) in [4.78, 5) is 21.2. The van der Waals surface area contributed by atoms with Gasteiger partial charge in [0.25, 0.3) is 0 Å². The van der Waals surface area contributed by atoms with Gasteiger partial charge in [0.2, 0.25) is 0 Å². The molecule has 0 bridgehead atoms. The first-order chi connectivity index (χ1) is 9.76. The zero-order valence-electron chi connectivity index (χ0n) is 12.8. The lowest BCUT2D eigenvalue weighted by Crippen LogP contribution is -2.17. The fraction of sp³-hybridized carbons (Fsp3) is 0.571. The molecule has 0 radical (unpaired) electrons. The Morgan fingerprint density at radius 1 is 1.33 bits per heavy atom. The topological polar surface area (TPSA) is 93.9 Å². The predicted molar refractivity (Wildman–Crippen MR) is 78.6 cm³/mol. The highest BCUT2D eigenvalue weighted by Gasteiger charge is 2.01. The van der Waals surface area contributed by atoms with Gasteiger partial charge in [0.1, 0.15) is 0 Å². The normalized spacial score (nSPS) is 12.5. The Hall–Kier alpha value is -1.23. The Morgan fingerprint density at radius 3 is 2.67 bits per heavy atom. The summed E-state index contributed by atoms with van der Waals surface area (Å²) in [6.07, 6.45) is 7.68. The van der Waals surface area contributed by atoms with Crippen LogP contribution in [0.2, 0.25) is 0 Å². The van der Waals surface area contributed by atoms with E-state index in [0.29, 0.717) is 12.2 Å². The molecule has 0 saturated carbocycles. The van der Waals surface area contributed by atoms with Crippen molar-refractivity contribution >= 4 is 7.60 Å². The largest absolute Gasteiger partial charge is 0.811 e. The smallest absolute Gasteiger partial charge is 0.0831 e. The molecule has 0 atom stereocenters. The zero-order valence-corrected chi connectivity index (χ0v) is 13.7. The van der Waals surface area contributed by atoms with E-state index in [0.717, 1.165) is 12.8 Å². The van der Waals surface area contributed by atoms with Crippen molar-refractivity contribution < 1.29 is 14.4 Å². The molecule has 6 nitrogen and oxygen atoms in total. The number of aromatic nitrogens is 3. The zero-order chi connectivity index (χ0) is 15.9. The van der Waals surface area contributed by atoms with E-state index in [1.807, 2.05) is 0 Å². The van der Waals surface area contributed by atoms with Gasteiger partial charge in [-0.3, -0.25) is 0 Å². The number of aryl methyl sites for hydroxylation is 1. The van der Waals surface area contributed by atoms with Gasteiger partial charge in [-0.2, -0.15) is 0 Å². The molecule has 0 spiro atoms. The van der Waals surface area contributed by atoms with E-state index in [4.69, 9.17) is 0 Å². The fourth-order valence-corrected chi connectivity index (χ4v) is 2.24. The highest BCUT2D eigenvalue weighted by atomic mass is 31.2. The Balaban J connectivity index is 2.43. The SMILES string of the molecule is CC(C)=CCC/C(C)=C/Cn1cc(CCP(=O)([O-])[O-])nn1. The lowest BCUT2D eigenvalue weighted by atomic mass is 10.1. The van der Waals surface area contributed by atoms with Crippen molar-refractivity contribution in [2.45, 2.75) is 46.6 Å². The maximum Gasteiger partial charge on any atom is 0.0831 e. The van der Waals surface area contributed by atoms with Crippen molar-refractivity contribution in [2.24, 2.45) is 0 Å². The van der Waals surface area contributed by atoms with Gasteiger partial charge in [0, 0.05) is 6.20 Å². The van der Waals surface area contributed by atoms with Gasteiger partial charge in [-0.25, -0.2) is 4.68 Å². The number of hydrogen-bond acceptors (Lipinski definition) is 5. The van der Waals surface area contributed by atoms with E-state index in [9.17, 15) is 14.4 Å². The van der Waals surface area contributed by atoms with Gasteiger partial charge in [0.15, 0.2) is 0 Å². The predicted octanol–water partition coefficient (Wildman–Crippen LogP) is 1.43. The second-order valence-electron chi connectivity index (χ2n) is 5.39. The molecule has 1 rings (SSSR count). The minimum atomic E-state index is -4.47. The van der Waals surface area contributed by atoms with Crippen LogP contribution in [-0.2, 0) is 17.5 Å². The molecule has 0 aromatic carbocycles. The second-order valence-corrected chi connectivity index (χ2v) is 7.06. The lowest BCUT2D eigenvalue weighted by molar-refractivity contribution is -0.313. The summed E-state index contributed by atoms with van der Waals surface area (Å²) in [6.45, 7) is 6.83. The molecule has 1 heterocycles. The molecule has 0 amide bonds. The van der Waals surface area contributed by atoms with Crippen LogP contribution in [0.25, 0.3) is 0 Å². The molecule has 0 aliphatic heterocycles. The highest BCUT2D eigenvalue weighted by Crippen LogP contribution is 2.23. The third-order valence-electron chi connectivity index (χ3n) is 2.95. The first-order valence-electron chi connectivity index (χ1n) is 6.95. The Bertz CT molecular complexity index is 554. The maximum absolute atomic E-state index is 10.6.